The number of hydrogen-bond acceptors (Lipinski definition) is 3. The molecular weight excluding hydrogens is 206 g/mol. The molecule has 2 amide bonds. The molecule has 0 aromatic carbocycles. The van der Waals surface area contributed by atoms with Crippen LogP contribution in [0.2, 0.25) is 0 Å². The van der Waals surface area contributed by atoms with E-state index < -0.39 is 5.54 Å². The minimum atomic E-state index is -0.579. The number of hydrogen-bond donors (Lipinski definition) is 1. The summed E-state index contributed by atoms with van der Waals surface area (Å²) < 4.78 is 0. The van der Waals surface area contributed by atoms with Gasteiger partial charge in [0.1, 0.15) is 0 Å². The molecule has 0 aromatic rings. The van der Waals surface area contributed by atoms with Gasteiger partial charge >= 0.3 is 0 Å². The van der Waals surface area contributed by atoms with Crippen molar-refractivity contribution >= 4 is 11.8 Å². The van der Waals surface area contributed by atoms with Crippen molar-refractivity contribution in [2.75, 3.05) is 6.61 Å². The lowest BCUT2D eigenvalue weighted by Gasteiger charge is -2.39. The van der Waals surface area contributed by atoms with Gasteiger partial charge in [0.2, 0.25) is 0 Å². The third kappa shape index (κ3) is 2.50. The van der Waals surface area contributed by atoms with Crippen molar-refractivity contribution in [1.29, 1.82) is 0 Å². The zero-order chi connectivity index (χ0) is 12.6. The molecule has 0 atom stereocenters. The Morgan fingerprint density at radius 1 is 1.12 bits per heavy atom. The highest BCUT2D eigenvalue weighted by Crippen LogP contribution is 2.32. The minimum absolute atomic E-state index is 0.0279. The largest absolute Gasteiger partial charge is 0.396 e. The van der Waals surface area contributed by atoms with Crippen LogP contribution in [-0.2, 0) is 9.59 Å². The lowest BCUT2D eigenvalue weighted by Crippen LogP contribution is -2.50. The number of amides is 2. The summed E-state index contributed by atoms with van der Waals surface area (Å²) in [7, 11) is 0. The van der Waals surface area contributed by atoms with Crippen LogP contribution in [0.15, 0.2) is 12.2 Å². The number of nitrogens with zero attached hydrogens (tertiary/aromatic N) is 1. The van der Waals surface area contributed by atoms with Crippen LogP contribution in [0.25, 0.3) is 0 Å². The third-order valence-electron chi connectivity index (χ3n) is 2.75. The summed E-state index contributed by atoms with van der Waals surface area (Å²) >= 11 is 0. The van der Waals surface area contributed by atoms with Crippen LogP contribution in [0.1, 0.15) is 34.1 Å². The fraction of sp³-hybridized carbons (Fsp3) is 0.667. The van der Waals surface area contributed by atoms with E-state index in [4.69, 9.17) is 0 Å². The second-order valence-electron chi connectivity index (χ2n) is 5.66. The highest BCUT2D eigenvalue weighted by molar-refractivity contribution is 6.13. The van der Waals surface area contributed by atoms with Gasteiger partial charge in [0.05, 0.1) is 0 Å². The molecule has 1 aliphatic heterocycles. The smallest absolute Gasteiger partial charge is 0.254 e. The molecule has 0 aromatic heterocycles. The quantitative estimate of drug-likeness (QED) is 0.729. The van der Waals surface area contributed by atoms with Crippen molar-refractivity contribution in [2.45, 2.75) is 39.7 Å². The first kappa shape index (κ1) is 12.9. The van der Waals surface area contributed by atoms with E-state index in [0.29, 0.717) is 6.42 Å². The summed E-state index contributed by atoms with van der Waals surface area (Å²) in [6.07, 6.45) is 3.14. The molecule has 0 radical (unpaired) electrons. The summed E-state index contributed by atoms with van der Waals surface area (Å²) in [4.78, 5) is 24.4. The molecule has 0 spiro atoms. The summed E-state index contributed by atoms with van der Waals surface area (Å²) in [6.45, 7) is 7.53. The topological polar surface area (TPSA) is 57.6 Å². The van der Waals surface area contributed by atoms with Crippen molar-refractivity contribution in [3.8, 4) is 0 Å². The molecule has 0 saturated heterocycles. The maximum absolute atomic E-state index is 11.6. The van der Waals surface area contributed by atoms with Gasteiger partial charge in [-0.3, -0.25) is 14.5 Å². The first-order valence-electron chi connectivity index (χ1n) is 5.37. The second-order valence-corrected chi connectivity index (χ2v) is 5.66. The molecular formula is C12H19NO3. The van der Waals surface area contributed by atoms with Gasteiger partial charge in [-0.15, -0.1) is 0 Å². The number of aliphatic hydroxyl groups is 1. The third-order valence-corrected chi connectivity index (χ3v) is 2.75. The standard InChI is InChI=1S/C12H19NO3/c1-11(2,8-14)7-12(3,4)13-9(15)5-6-10(13)16/h5-6,14H,7-8H2,1-4H3. The Labute approximate surface area is 95.9 Å². The first-order chi connectivity index (χ1) is 7.19. The van der Waals surface area contributed by atoms with Crippen molar-refractivity contribution in [3.63, 3.8) is 0 Å². The monoisotopic (exact) mass is 225 g/mol. The van der Waals surface area contributed by atoms with E-state index in [-0.39, 0.29) is 23.8 Å². The van der Waals surface area contributed by atoms with Gasteiger partial charge in [0.15, 0.2) is 0 Å². The summed E-state index contributed by atoms with van der Waals surface area (Å²) in [6, 6.07) is 0. The van der Waals surface area contributed by atoms with Crippen LogP contribution < -0.4 is 0 Å². The maximum atomic E-state index is 11.6. The molecule has 1 rings (SSSR count). The molecule has 0 bridgehead atoms. The highest BCUT2D eigenvalue weighted by atomic mass is 16.3. The Bertz CT molecular complexity index is 324. The van der Waals surface area contributed by atoms with Crippen molar-refractivity contribution in [2.24, 2.45) is 5.41 Å². The Morgan fingerprint density at radius 3 is 1.94 bits per heavy atom. The molecule has 0 saturated carbocycles. The summed E-state index contributed by atoms with van der Waals surface area (Å²) in [5.41, 5.74) is -0.892. The van der Waals surface area contributed by atoms with Crippen LogP contribution in [0.5, 0.6) is 0 Å². The zero-order valence-corrected chi connectivity index (χ0v) is 10.3. The fourth-order valence-electron chi connectivity index (χ4n) is 2.30. The SMILES string of the molecule is CC(C)(CO)CC(C)(C)N1C(=O)C=CC1=O. The van der Waals surface area contributed by atoms with Gasteiger partial charge in [0, 0.05) is 24.3 Å². The van der Waals surface area contributed by atoms with Gasteiger partial charge < -0.3 is 5.11 Å². The molecule has 90 valence electrons. The average molecular weight is 225 g/mol. The lowest BCUT2D eigenvalue weighted by molar-refractivity contribution is -0.144. The Balaban J connectivity index is 2.86. The van der Waals surface area contributed by atoms with E-state index in [0.717, 1.165) is 0 Å². The summed E-state index contributed by atoms with van der Waals surface area (Å²) in [5.74, 6) is -0.549. The van der Waals surface area contributed by atoms with Crippen molar-refractivity contribution in [1.82, 2.24) is 4.90 Å². The molecule has 1 aliphatic rings. The molecule has 4 heteroatoms. The number of aliphatic hydroxyl groups excluding tert-OH is 1. The first-order valence-corrected chi connectivity index (χ1v) is 5.37. The maximum Gasteiger partial charge on any atom is 0.254 e. The summed E-state index contributed by atoms with van der Waals surface area (Å²) in [5, 5.41) is 9.23. The van der Waals surface area contributed by atoms with Gasteiger partial charge in [-0.25, -0.2) is 0 Å². The van der Waals surface area contributed by atoms with Crippen molar-refractivity contribution in [3.05, 3.63) is 12.2 Å². The zero-order valence-electron chi connectivity index (χ0n) is 10.3. The Morgan fingerprint density at radius 2 is 1.56 bits per heavy atom. The van der Waals surface area contributed by atoms with E-state index >= 15 is 0 Å². The van der Waals surface area contributed by atoms with E-state index in [9.17, 15) is 14.7 Å². The number of rotatable bonds is 4. The van der Waals surface area contributed by atoms with Crippen LogP contribution >= 0.6 is 0 Å². The van der Waals surface area contributed by atoms with E-state index in [1.54, 1.807) is 0 Å². The molecule has 4 nitrogen and oxygen atoms in total. The molecule has 16 heavy (non-hydrogen) atoms. The average Bonchev–Trinajstić information content (AvgIpc) is 2.44. The lowest BCUT2D eigenvalue weighted by atomic mass is 9.80. The van der Waals surface area contributed by atoms with Gasteiger partial charge in [-0.05, 0) is 25.7 Å². The number of carbonyl (C=O) groups excluding carboxylic acids is 2. The molecule has 0 aliphatic carbocycles. The molecule has 0 fully saturated rings. The van der Waals surface area contributed by atoms with E-state index in [2.05, 4.69) is 0 Å². The Hall–Kier alpha value is -1.16. The Kier molecular flexibility index (Phi) is 3.24. The van der Waals surface area contributed by atoms with Gasteiger partial charge in [-0.1, -0.05) is 13.8 Å². The predicted octanol–water partition coefficient (Wildman–Crippen LogP) is 1.10. The number of imide groups is 1. The van der Waals surface area contributed by atoms with Gasteiger partial charge in [-0.2, -0.15) is 0 Å². The van der Waals surface area contributed by atoms with Gasteiger partial charge in [0.25, 0.3) is 11.8 Å². The van der Waals surface area contributed by atoms with Crippen LogP contribution in [0.3, 0.4) is 0 Å². The molecule has 0 unspecified atom stereocenters. The van der Waals surface area contributed by atoms with Crippen LogP contribution in [0.4, 0.5) is 0 Å². The second kappa shape index (κ2) is 4.01. The normalized spacial score (nSPS) is 17.4. The van der Waals surface area contributed by atoms with E-state index in [1.165, 1.54) is 17.1 Å². The highest BCUT2D eigenvalue weighted by Gasteiger charge is 2.40. The molecule has 1 heterocycles. The van der Waals surface area contributed by atoms with Crippen LogP contribution in [-0.4, -0.2) is 34.0 Å². The molecule has 1 N–H and O–H groups in total. The van der Waals surface area contributed by atoms with E-state index in [1.807, 2.05) is 27.7 Å². The minimum Gasteiger partial charge on any atom is -0.396 e. The fourth-order valence-corrected chi connectivity index (χ4v) is 2.30. The van der Waals surface area contributed by atoms with Crippen LogP contribution in [0, 0.1) is 5.41 Å². The number of carbonyl (C=O) groups is 2. The predicted molar refractivity (Wildman–Crippen MR) is 60.6 cm³/mol. The van der Waals surface area contributed by atoms with Crippen molar-refractivity contribution < 1.29 is 14.7 Å².